The third-order valence-corrected chi connectivity index (χ3v) is 5.56. The Morgan fingerprint density at radius 3 is 2.23 bits per heavy atom. The molecule has 6 nitrogen and oxygen atoms in total. The molecular weight excluding hydrogens is 395 g/mol. The Morgan fingerprint density at radius 2 is 1.68 bits per heavy atom. The smallest absolute Gasteiger partial charge is 0.325 e. The molecule has 0 spiro atoms. The van der Waals surface area contributed by atoms with Crippen molar-refractivity contribution < 1.29 is 14.0 Å². The molecule has 2 heterocycles. The second-order valence-corrected chi connectivity index (χ2v) is 7.53. The van der Waals surface area contributed by atoms with Crippen molar-refractivity contribution in [3.63, 3.8) is 0 Å². The summed E-state index contributed by atoms with van der Waals surface area (Å²) in [5, 5.41) is 2.91. The van der Waals surface area contributed by atoms with Crippen molar-refractivity contribution in [2.24, 2.45) is 5.92 Å². The first-order chi connectivity index (χ1) is 15.1. The molecule has 3 amide bonds. The molecule has 4 rings (SSSR count). The molecule has 158 valence electrons. The Hall–Kier alpha value is -3.74. The maximum atomic E-state index is 13.8. The molecule has 0 unspecified atom stereocenters. The molecule has 0 bridgehead atoms. The molecule has 3 aromatic rings. The van der Waals surface area contributed by atoms with Crippen molar-refractivity contribution in [3.8, 4) is 0 Å². The van der Waals surface area contributed by atoms with Gasteiger partial charge in [0.15, 0.2) is 0 Å². The van der Waals surface area contributed by atoms with Crippen LogP contribution in [-0.4, -0.2) is 34.5 Å². The molecule has 2 atom stereocenters. The maximum Gasteiger partial charge on any atom is 0.325 e. The van der Waals surface area contributed by atoms with Crippen LogP contribution >= 0.6 is 0 Å². The Morgan fingerprint density at radius 1 is 1.06 bits per heavy atom. The molecule has 31 heavy (non-hydrogen) atoms. The lowest BCUT2D eigenvalue weighted by atomic mass is 9.83. The molecule has 0 saturated carbocycles. The number of hydrogen-bond donors (Lipinski definition) is 2. The highest BCUT2D eigenvalue weighted by Gasteiger charge is 2.50. The summed E-state index contributed by atoms with van der Waals surface area (Å²) in [6, 6.07) is 20.4. The lowest BCUT2D eigenvalue weighted by Gasteiger charge is -2.44. The number of carbonyl (C=O) groups excluding carboxylic acids is 2. The molecule has 1 saturated heterocycles. The van der Waals surface area contributed by atoms with Crippen LogP contribution in [0.2, 0.25) is 0 Å². The van der Waals surface area contributed by atoms with Gasteiger partial charge in [0.25, 0.3) is 0 Å². The minimum atomic E-state index is -0.811. The number of nitrogen functional groups attached to an aromatic ring is 1. The fourth-order valence-corrected chi connectivity index (χ4v) is 3.97. The van der Waals surface area contributed by atoms with Gasteiger partial charge in [-0.05, 0) is 35.2 Å². The molecule has 0 aliphatic carbocycles. The summed E-state index contributed by atoms with van der Waals surface area (Å²) in [5.74, 6) is -0.663. The fraction of sp³-hybridized carbons (Fsp3) is 0.208. The van der Waals surface area contributed by atoms with Crippen molar-refractivity contribution >= 4 is 17.8 Å². The zero-order valence-corrected chi connectivity index (χ0v) is 16.8. The van der Waals surface area contributed by atoms with Crippen molar-refractivity contribution in [1.29, 1.82) is 0 Å². The first-order valence-corrected chi connectivity index (χ1v) is 10.1. The highest BCUT2D eigenvalue weighted by atomic mass is 19.1. The Labute approximate surface area is 179 Å². The SMILES string of the molecule is Nc1cc(C[C@H]2C(=O)N(C(=O)NC(c3ccccc3)c3ccccc3)[C@@H]2CF)ccn1. The van der Waals surface area contributed by atoms with Crippen molar-refractivity contribution in [2.45, 2.75) is 18.5 Å². The first-order valence-electron chi connectivity index (χ1n) is 10.1. The third-order valence-electron chi connectivity index (χ3n) is 5.56. The molecule has 2 aromatic carbocycles. The standard InChI is InChI=1S/C24H23FN4O2/c25-15-20-19(13-16-11-12-27-21(26)14-16)23(30)29(20)24(31)28-22(17-7-3-1-4-8-17)18-9-5-2-6-10-18/h1-12,14,19-20,22H,13,15H2,(H2,26,27)(H,28,31)/t19-,20-/m1/s1. The first kappa shape index (κ1) is 20.5. The quantitative estimate of drug-likeness (QED) is 0.600. The minimum Gasteiger partial charge on any atom is -0.384 e. The molecule has 7 heteroatoms. The van der Waals surface area contributed by atoms with Gasteiger partial charge >= 0.3 is 6.03 Å². The summed E-state index contributed by atoms with van der Waals surface area (Å²) in [6.07, 6.45) is 1.86. The zero-order valence-electron chi connectivity index (χ0n) is 16.8. The van der Waals surface area contributed by atoms with Crippen LogP contribution in [-0.2, 0) is 11.2 Å². The van der Waals surface area contributed by atoms with Gasteiger partial charge in [0, 0.05) is 6.20 Å². The predicted molar refractivity (Wildman–Crippen MR) is 116 cm³/mol. The summed E-state index contributed by atoms with van der Waals surface area (Å²) in [7, 11) is 0. The number of amides is 3. The van der Waals surface area contributed by atoms with Crippen LogP contribution in [0.5, 0.6) is 0 Å². The number of nitrogens with zero attached hydrogens (tertiary/aromatic N) is 2. The summed E-state index contributed by atoms with van der Waals surface area (Å²) in [5.41, 5.74) is 8.22. The van der Waals surface area contributed by atoms with Gasteiger partial charge in [0.05, 0.1) is 18.0 Å². The number of alkyl halides is 1. The highest BCUT2D eigenvalue weighted by Crippen LogP contribution is 2.32. The van der Waals surface area contributed by atoms with E-state index in [0.29, 0.717) is 12.2 Å². The number of hydrogen-bond acceptors (Lipinski definition) is 4. The molecular formula is C24H23FN4O2. The summed E-state index contributed by atoms with van der Waals surface area (Å²) < 4.78 is 13.8. The lowest BCUT2D eigenvalue weighted by molar-refractivity contribution is -0.150. The Kier molecular flexibility index (Phi) is 5.93. The van der Waals surface area contributed by atoms with E-state index in [0.717, 1.165) is 21.6 Å². The van der Waals surface area contributed by atoms with Gasteiger partial charge in [0.2, 0.25) is 5.91 Å². The summed E-state index contributed by atoms with van der Waals surface area (Å²) in [6.45, 7) is -0.800. The maximum absolute atomic E-state index is 13.8. The van der Waals surface area contributed by atoms with Crippen LogP contribution < -0.4 is 11.1 Å². The molecule has 1 aliphatic heterocycles. The van der Waals surface area contributed by atoms with Crippen molar-refractivity contribution in [3.05, 3.63) is 95.7 Å². The number of β-lactam (4-membered cyclic amide) rings is 1. The van der Waals surface area contributed by atoms with Gasteiger partial charge in [-0.25, -0.2) is 14.2 Å². The average Bonchev–Trinajstić information content (AvgIpc) is 2.80. The number of pyridine rings is 1. The number of nitrogens with one attached hydrogen (secondary N) is 1. The third kappa shape index (κ3) is 4.26. The number of nitrogens with two attached hydrogens (primary N) is 1. The molecule has 1 fully saturated rings. The number of rotatable bonds is 6. The van der Waals surface area contributed by atoms with Gasteiger partial charge in [0.1, 0.15) is 12.5 Å². The largest absolute Gasteiger partial charge is 0.384 e. The van der Waals surface area contributed by atoms with E-state index >= 15 is 0 Å². The molecule has 1 aliphatic rings. The molecule has 1 aromatic heterocycles. The number of urea groups is 1. The van der Waals surface area contributed by atoms with Crippen LogP contribution in [0.1, 0.15) is 22.7 Å². The van der Waals surface area contributed by atoms with Crippen LogP contribution in [0.3, 0.4) is 0 Å². The number of likely N-dealkylation sites (tertiary alicyclic amines) is 1. The van der Waals surface area contributed by atoms with Crippen LogP contribution in [0.4, 0.5) is 15.0 Å². The highest BCUT2D eigenvalue weighted by molar-refractivity contribution is 6.01. The summed E-state index contributed by atoms with van der Waals surface area (Å²) in [4.78, 5) is 30.7. The molecule has 3 N–H and O–H groups in total. The van der Waals surface area contributed by atoms with E-state index < -0.39 is 36.6 Å². The second kappa shape index (κ2) is 8.95. The number of imide groups is 1. The number of carbonyl (C=O) groups is 2. The van der Waals surface area contributed by atoms with E-state index in [-0.39, 0.29) is 0 Å². The minimum absolute atomic E-state index is 0.310. The van der Waals surface area contributed by atoms with Crippen molar-refractivity contribution in [1.82, 2.24) is 15.2 Å². The van der Waals surface area contributed by atoms with Crippen LogP contribution in [0.15, 0.2) is 79.0 Å². The van der Waals surface area contributed by atoms with Gasteiger partial charge in [-0.1, -0.05) is 60.7 Å². The number of halogens is 1. The van der Waals surface area contributed by atoms with Crippen molar-refractivity contribution in [2.75, 3.05) is 12.4 Å². The average molecular weight is 418 g/mol. The second-order valence-electron chi connectivity index (χ2n) is 7.53. The van der Waals surface area contributed by atoms with E-state index in [4.69, 9.17) is 5.73 Å². The summed E-state index contributed by atoms with van der Waals surface area (Å²) >= 11 is 0. The number of benzene rings is 2. The van der Waals surface area contributed by atoms with E-state index in [2.05, 4.69) is 10.3 Å². The van der Waals surface area contributed by atoms with Gasteiger partial charge in [-0.15, -0.1) is 0 Å². The molecule has 0 radical (unpaired) electrons. The van der Waals surface area contributed by atoms with Crippen LogP contribution in [0.25, 0.3) is 0 Å². The van der Waals surface area contributed by atoms with Crippen LogP contribution in [0, 0.1) is 5.92 Å². The lowest BCUT2D eigenvalue weighted by Crippen LogP contribution is -2.66. The number of aromatic nitrogens is 1. The Balaban J connectivity index is 1.52. The predicted octanol–water partition coefficient (Wildman–Crippen LogP) is 3.50. The number of anilines is 1. The normalized spacial score (nSPS) is 18.0. The van der Waals surface area contributed by atoms with E-state index in [1.54, 1.807) is 18.3 Å². The monoisotopic (exact) mass is 418 g/mol. The van der Waals surface area contributed by atoms with E-state index in [9.17, 15) is 14.0 Å². The van der Waals surface area contributed by atoms with Gasteiger partial charge in [-0.2, -0.15) is 0 Å². The topological polar surface area (TPSA) is 88.3 Å². The zero-order chi connectivity index (χ0) is 21.8. The fourth-order valence-electron chi connectivity index (χ4n) is 3.97. The van der Waals surface area contributed by atoms with E-state index in [1.165, 1.54) is 0 Å². The van der Waals surface area contributed by atoms with E-state index in [1.807, 2.05) is 60.7 Å². The van der Waals surface area contributed by atoms with Gasteiger partial charge in [-0.3, -0.25) is 9.69 Å². The Bertz CT molecular complexity index is 1020. The van der Waals surface area contributed by atoms with Gasteiger partial charge < -0.3 is 11.1 Å².